The van der Waals surface area contributed by atoms with E-state index in [0.717, 1.165) is 0 Å². The number of pyridine rings is 1. The Morgan fingerprint density at radius 2 is 2.17 bits per heavy atom. The lowest BCUT2D eigenvalue weighted by Gasteiger charge is -2.09. The molecule has 18 heavy (non-hydrogen) atoms. The molecule has 1 unspecified atom stereocenters. The Bertz CT molecular complexity index is 653. The van der Waals surface area contributed by atoms with Gasteiger partial charge >= 0.3 is 0 Å². The Morgan fingerprint density at radius 1 is 1.39 bits per heavy atom. The molecule has 1 atom stereocenters. The highest BCUT2D eigenvalue weighted by atomic mass is 16.1. The molecule has 0 aliphatic rings. The number of nitrogens with zero attached hydrogens (tertiary/aromatic N) is 4. The van der Waals surface area contributed by atoms with Crippen molar-refractivity contribution in [1.29, 1.82) is 5.26 Å². The van der Waals surface area contributed by atoms with E-state index in [9.17, 15) is 4.79 Å². The molecule has 0 fully saturated rings. The topological polar surface area (TPSA) is 97.6 Å². The second kappa shape index (κ2) is 4.67. The number of hydrogen-bond acceptors (Lipinski definition) is 5. The smallest absolute Gasteiger partial charge is 0.251 e. The van der Waals surface area contributed by atoms with E-state index in [2.05, 4.69) is 9.97 Å². The first-order valence-electron chi connectivity index (χ1n) is 5.31. The molecule has 0 spiro atoms. The normalized spacial score (nSPS) is 11.8. The van der Waals surface area contributed by atoms with Gasteiger partial charge in [-0.25, -0.2) is 4.98 Å². The maximum Gasteiger partial charge on any atom is 0.251 e. The Hall–Kier alpha value is -2.68. The summed E-state index contributed by atoms with van der Waals surface area (Å²) in [7, 11) is 0. The average Bonchev–Trinajstić information content (AvgIpc) is 2.39. The third-order valence-electron chi connectivity index (χ3n) is 2.51. The molecule has 2 rings (SSSR count). The van der Waals surface area contributed by atoms with E-state index in [0.29, 0.717) is 17.1 Å². The van der Waals surface area contributed by atoms with Crippen LogP contribution < -0.4 is 11.3 Å². The quantitative estimate of drug-likeness (QED) is 0.844. The number of anilines is 1. The molecular weight excluding hydrogens is 230 g/mol. The summed E-state index contributed by atoms with van der Waals surface area (Å²) in [6.45, 7) is 1.65. The fourth-order valence-electron chi connectivity index (χ4n) is 1.51. The molecule has 0 radical (unpaired) electrons. The monoisotopic (exact) mass is 241 g/mol. The van der Waals surface area contributed by atoms with E-state index in [1.54, 1.807) is 19.2 Å². The van der Waals surface area contributed by atoms with Crippen molar-refractivity contribution in [2.24, 2.45) is 0 Å². The molecule has 6 heteroatoms. The molecule has 0 aliphatic heterocycles. The van der Waals surface area contributed by atoms with Crippen LogP contribution in [0.25, 0.3) is 11.3 Å². The highest BCUT2D eigenvalue weighted by Crippen LogP contribution is 2.15. The van der Waals surface area contributed by atoms with Gasteiger partial charge in [0.05, 0.1) is 24.2 Å². The molecule has 0 bridgehead atoms. The van der Waals surface area contributed by atoms with Gasteiger partial charge in [0.25, 0.3) is 5.56 Å². The zero-order chi connectivity index (χ0) is 13.1. The zero-order valence-corrected chi connectivity index (χ0v) is 9.74. The van der Waals surface area contributed by atoms with Gasteiger partial charge in [0, 0.05) is 17.8 Å². The van der Waals surface area contributed by atoms with Crippen molar-refractivity contribution in [3.63, 3.8) is 0 Å². The number of nitriles is 1. The minimum atomic E-state index is -0.529. The number of hydrogen-bond donors (Lipinski definition) is 1. The van der Waals surface area contributed by atoms with Gasteiger partial charge in [0.1, 0.15) is 11.9 Å². The van der Waals surface area contributed by atoms with Crippen LogP contribution in [0.4, 0.5) is 5.82 Å². The van der Waals surface area contributed by atoms with Crippen LogP contribution in [0.1, 0.15) is 13.0 Å². The third kappa shape index (κ3) is 2.20. The van der Waals surface area contributed by atoms with Crippen molar-refractivity contribution in [2.75, 3.05) is 5.73 Å². The van der Waals surface area contributed by atoms with E-state index < -0.39 is 6.04 Å². The van der Waals surface area contributed by atoms with Crippen molar-refractivity contribution in [3.8, 4) is 17.3 Å². The lowest BCUT2D eigenvalue weighted by molar-refractivity contribution is 0.647. The molecule has 0 amide bonds. The summed E-state index contributed by atoms with van der Waals surface area (Å²) in [6, 6.07) is 4.53. The maximum absolute atomic E-state index is 11.6. The minimum absolute atomic E-state index is 0.226. The van der Waals surface area contributed by atoms with Gasteiger partial charge in [-0.05, 0) is 13.0 Å². The number of nitrogens with two attached hydrogens (primary N) is 1. The summed E-state index contributed by atoms with van der Waals surface area (Å²) in [5.41, 5.74) is 6.54. The molecule has 2 aromatic heterocycles. The van der Waals surface area contributed by atoms with Crippen LogP contribution in [0.5, 0.6) is 0 Å². The Labute approximate surface area is 103 Å². The van der Waals surface area contributed by atoms with Crippen LogP contribution in [-0.4, -0.2) is 14.5 Å². The summed E-state index contributed by atoms with van der Waals surface area (Å²) in [5.74, 6) is 0.331. The van der Waals surface area contributed by atoms with Gasteiger partial charge in [-0.2, -0.15) is 5.26 Å². The molecule has 0 saturated heterocycles. The highest BCUT2D eigenvalue weighted by Gasteiger charge is 2.07. The summed E-state index contributed by atoms with van der Waals surface area (Å²) in [6.07, 6.45) is 4.56. The van der Waals surface area contributed by atoms with Gasteiger partial charge in [0.15, 0.2) is 0 Å². The summed E-state index contributed by atoms with van der Waals surface area (Å²) >= 11 is 0. The van der Waals surface area contributed by atoms with E-state index in [-0.39, 0.29) is 5.56 Å². The Morgan fingerprint density at radius 3 is 2.78 bits per heavy atom. The predicted molar refractivity (Wildman–Crippen MR) is 66.5 cm³/mol. The second-order valence-corrected chi connectivity index (χ2v) is 3.79. The Balaban J connectivity index is 2.51. The predicted octanol–water partition coefficient (Wildman–Crippen LogP) is 0.972. The van der Waals surface area contributed by atoms with Gasteiger partial charge in [0.2, 0.25) is 0 Å². The molecule has 2 heterocycles. The summed E-state index contributed by atoms with van der Waals surface area (Å²) < 4.78 is 1.35. The largest absolute Gasteiger partial charge is 0.382 e. The van der Waals surface area contributed by atoms with Gasteiger partial charge in [-0.3, -0.25) is 14.3 Å². The summed E-state index contributed by atoms with van der Waals surface area (Å²) in [5, 5.41) is 8.86. The third-order valence-corrected chi connectivity index (χ3v) is 2.51. The van der Waals surface area contributed by atoms with Crippen LogP contribution in [0.15, 0.2) is 35.5 Å². The SMILES string of the molecule is CC(C#N)n1cc(-c2cnc(N)cn2)ccc1=O. The fourth-order valence-corrected chi connectivity index (χ4v) is 1.51. The van der Waals surface area contributed by atoms with Crippen LogP contribution in [-0.2, 0) is 0 Å². The van der Waals surface area contributed by atoms with E-state index in [4.69, 9.17) is 11.0 Å². The molecular formula is C12H11N5O. The summed E-state index contributed by atoms with van der Waals surface area (Å²) in [4.78, 5) is 19.7. The maximum atomic E-state index is 11.6. The molecule has 0 aromatic carbocycles. The molecule has 0 aliphatic carbocycles. The van der Waals surface area contributed by atoms with Crippen molar-refractivity contribution in [2.45, 2.75) is 13.0 Å². The van der Waals surface area contributed by atoms with Crippen molar-refractivity contribution in [1.82, 2.24) is 14.5 Å². The highest BCUT2D eigenvalue weighted by molar-refractivity contribution is 5.57. The van der Waals surface area contributed by atoms with Crippen molar-refractivity contribution < 1.29 is 0 Å². The lowest BCUT2D eigenvalue weighted by Crippen LogP contribution is -2.21. The molecule has 6 nitrogen and oxygen atoms in total. The van der Waals surface area contributed by atoms with Crippen LogP contribution in [0.3, 0.4) is 0 Å². The van der Waals surface area contributed by atoms with Crippen LogP contribution >= 0.6 is 0 Å². The molecule has 2 N–H and O–H groups in total. The second-order valence-electron chi connectivity index (χ2n) is 3.79. The van der Waals surface area contributed by atoms with Gasteiger partial charge < -0.3 is 5.73 Å². The molecule has 2 aromatic rings. The average molecular weight is 241 g/mol. The first kappa shape index (κ1) is 11.8. The number of nitrogen functional groups attached to an aromatic ring is 1. The van der Waals surface area contributed by atoms with Gasteiger partial charge in [-0.1, -0.05) is 0 Å². The fraction of sp³-hybridized carbons (Fsp3) is 0.167. The minimum Gasteiger partial charge on any atom is -0.382 e. The van der Waals surface area contributed by atoms with Crippen molar-refractivity contribution >= 4 is 5.82 Å². The zero-order valence-electron chi connectivity index (χ0n) is 9.74. The van der Waals surface area contributed by atoms with Crippen LogP contribution in [0.2, 0.25) is 0 Å². The Kier molecular flexibility index (Phi) is 3.06. The number of aromatic nitrogens is 3. The van der Waals surface area contributed by atoms with Crippen LogP contribution in [0, 0.1) is 11.3 Å². The number of rotatable bonds is 2. The first-order chi connectivity index (χ1) is 8.61. The molecule has 90 valence electrons. The van der Waals surface area contributed by atoms with E-state index >= 15 is 0 Å². The van der Waals surface area contributed by atoms with E-state index in [1.807, 2.05) is 6.07 Å². The standard InChI is InChI=1S/C12H11N5O/c1-8(4-13)17-7-9(2-3-12(17)18)10-5-16-11(14)6-15-10/h2-3,5-8H,1H3,(H2,14,16). The van der Waals surface area contributed by atoms with Gasteiger partial charge in [-0.15, -0.1) is 0 Å². The first-order valence-corrected chi connectivity index (χ1v) is 5.31. The lowest BCUT2D eigenvalue weighted by atomic mass is 10.2. The molecule has 0 saturated carbocycles. The van der Waals surface area contributed by atoms with Crippen molar-refractivity contribution in [3.05, 3.63) is 41.1 Å². The van der Waals surface area contributed by atoms with E-state index in [1.165, 1.54) is 23.0 Å².